The molecule has 0 heterocycles. The highest BCUT2D eigenvalue weighted by Gasteiger charge is 1.95. The largest absolute Gasteiger partial charge is 0.726 e. The van der Waals surface area contributed by atoms with Gasteiger partial charge in [-0.15, -0.1) is 0 Å². The highest BCUT2D eigenvalue weighted by molar-refractivity contribution is 7.79. The zero-order valence-corrected chi connectivity index (χ0v) is 10.1. The molecule has 5 N–H and O–H groups in total. The molecule has 0 aliphatic carbocycles. The van der Waals surface area contributed by atoms with Crippen molar-refractivity contribution in [2.45, 2.75) is 6.54 Å². The Hall–Kier alpha value is -1.35. The van der Waals surface area contributed by atoms with Gasteiger partial charge in [-0.05, 0) is 11.6 Å². The normalized spacial score (nSPS) is 10.1. The molecule has 9 heteroatoms. The van der Waals surface area contributed by atoms with E-state index in [1.54, 1.807) is 6.07 Å². The monoisotopic (exact) mass is 280 g/mol. The minimum Gasteiger partial charge on any atom is -0.726 e. The van der Waals surface area contributed by atoms with Crippen LogP contribution < -0.4 is 11.5 Å². The number of hydrogen-bond acceptors (Lipinski definition) is 4. The van der Waals surface area contributed by atoms with E-state index in [-0.39, 0.29) is 5.96 Å². The molecule has 0 aliphatic rings. The highest BCUT2D eigenvalue weighted by atomic mass is 35.5. The summed E-state index contributed by atoms with van der Waals surface area (Å²) in [4.78, 5) is 3.84. The van der Waals surface area contributed by atoms with Gasteiger partial charge < -0.3 is 16.0 Å². The van der Waals surface area contributed by atoms with Crippen molar-refractivity contribution < 1.29 is 17.5 Å². The van der Waals surface area contributed by atoms with Crippen LogP contribution in [0.1, 0.15) is 5.56 Å². The minimum atomic E-state index is -4.92. The van der Waals surface area contributed by atoms with Gasteiger partial charge >= 0.3 is 0 Å². The molecule has 0 spiro atoms. The quantitative estimate of drug-likeness (QED) is 0.304. The van der Waals surface area contributed by atoms with Crippen LogP contribution in [0, 0.1) is 0 Å². The van der Waals surface area contributed by atoms with Gasteiger partial charge in [0, 0.05) is 5.02 Å². The molecule has 1 aromatic rings. The van der Waals surface area contributed by atoms with Gasteiger partial charge in [0.2, 0.25) is 10.4 Å². The Labute approximate surface area is 104 Å². The van der Waals surface area contributed by atoms with Crippen molar-refractivity contribution in [3.05, 3.63) is 34.9 Å². The van der Waals surface area contributed by atoms with Gasteiger partial charge in [0.25, 0.3) is 0 Å². The maximum Gasteiger partial charge on any atom is 0.215 e. The summed E-state index contributed by atoms with van der Waals surface area (Å²) in [6.45, 7) is 0.433. The first-order valence-electron chi connectivity index (χ1n) is 4.17. The third kappa shape index (κ3) is 10.9. The first-order valence-corrected chi connectivity index (χ1v) is 5.91. The smallest absolute Gasteiger partial charge is 0.215 e. The summed E-state index contributed by atoms with van der Waals surface area (Å²) in [6, 6.07) is 7.44. The van der Waals surface area contributed by atoms with Gasteiger partial charge in [0.05, 0.1) is 6.54 Å². The van der Waals surface area contributed by atoms with Crippen molar-refractivity contribution in [2.24, 2.45) is 16.5 Å². The summed E-state index contributed by atoms with van der Waals surface area (Å²) in [5, 5.41) is 0.683. The lowest BCUT2D eigenvalue weighted by Gasteiger charge is -1.98. The molecule has 0 saturated carbocycles. The van der Waals surface area contributed by atoms with E-state index >= 15 is 0 Å². The molecular formula is C8H11ClN3O4S-. The number of halogens is 1. The Morgan fingerprint density at radius 3 is 2.29 bits per heavy atom. The minimum absolute atomic E-state index is 0.0786. The molecule has 7 nitrogen and oxygen atoms in total. The second-order valence-corrected chi connectivity index (χ2v) is 4.02. The second-order valence-electron chi connectivity index (χ2n) is 2.76. The van der Waals surface area contributed by atoms with E-state index < -0.39 is 10.4 Å². The van der Waals surface area contributed by atoms with E-state index in [0.717, 1.165) is 5.56 Å². The van der Waals surface area contributed by atoms with Crippen LogP contribution in [0.5, 0.6) is 0 Å². The molecule has 0 saturated heterocycles. The van der Waals surface area contributed by atoms with Crippen molar-refractivity contribution in [2.75, 3.05) is 0 Å². The Kier molecular flexibility index (Phi) is 6.51. The number of benzene rings is 1. The molecule has 1 rings (SSSR count). The molecule has 0 fully saturated rings. The summed E-state index contributed by atoms with van der Waals surface area (Å²) in [6.07, 6.45) is 0. The van der Waals surface area contributed by atoms with Gasteiger partial charge in [-0.2, -0.15) is 0 Å². The Balaban J connectivity index is 0.000000437. The Morgan fingerprint density at radius 2 is 1.88 bits per heavy atom. The lowest BCUT2D eigenvalue weighted by molar-refractivity contribution is 0.366. The Bertz CT molecular complexity index is 477. The molecule has 0 amide bonds. The van der Waals surface area contributed by atoms with E-state index in [2.05, 4.69) is 4.99 Å². The lowest BCUT2D eigenvalue weighted by Crippen LogP contribution is -2.22. The predicted octanol–water partition coefficient (Wildman–Crippen LogP) is 0.118. The average molecular weight is 281 g/mol. The molecule has 17 heavy (non-hydrogen) atoms. The maximum atomic E-state index is 8.63. The zero-order valence-electron chi connectivity index (χ0n) is 8.58. The highest BCUT2D eigenvalue weighted by Crippen LogP contribution is 2.15. The average Bonchev–Trinajstić information content (AvgIpc) is 2.13. The van der Waals surface area contributed by atoms with Gasteiger partial charge in [-0.3, -0.25) is 4.55 Å². The predicted molar refractivity (Wildman–Crippen MR) is 63.3 cm³/mol. The van der Waals surface area contributed by atoms with Crippen molar-refractivity contribution in [3.8, 4) is 0 Å². The standard InChI is InChI=1S/C8H10ClN3.H2O4S/c9-7-4-2-1-3-6(7)5-12-8(10)11;1-5(2,3)4/h1-4H,5H2,(H4,10,11,12);(H2,1,2,3,4)/p-1. The van der Waals surface area contributed by atoms with Crippen molar-refractivity contribution >= 4 is 28.0 Å². The number of nitrogens with two attached hydrogens (primary N) is 2. The van der Waals surface area contributed by atoms with Crippen molar-refractivity contribution in [3.63, 3.8) is 0 Å². The zero-order chi connectivity index (χ0) is 13.5. The summed E-state index contributed by atoms with van der Waals surface area (Å²) in [5.41, 5.74) is 11.3. The van der Waals surface area contributed by atoms with E-state index in [4.69, 9.17) is 40.6 Å². The molecular weight excluding hydrogens is 270 g/mol. The number of hydrogen-bond donors (Lipinski definition) is 3. The van der Waals surface area contributed by atoms with E-state index in [1.165, 1.54) is 0 Å². The molecule has 0 aliphatic heterocycles. The number of aliphatic imine (C=N–C) groups is 1. The first kappa shape index (κ1) is 15.7. The fraction of sp³-hybridized carbons (Fsp3) is 0.125. The van der Waals surface area contributed by atoms with Crippen LogP contribution in [-0.4, -0.2) is 23.5 Å². The van der Waals surface area contributed by atoms with Crippen LogP contribution in [0.3, 0.4) is 0 Å². The van der Waals surface area contributed by atoms with Gasteiger partial charge in [0.15, 0.2) is 5.96 Å². The van der Waals surface area contributed by atoms with Crippen molar-refractivity contribution in [1.82, 2.24) is 0 Å². The maximum absolute atomic E-state index is 8.63. The van der Waals surface area contributed by atoms with Crippen LogP contribution >= 0.6 is 11.6 Å². The molecule has 0 bridgehead atoms. The van der Waals surface area contributed by atoms with E-state index in [0.29, 0.717) is 11.6 Å². The third-order valence-electron chi connectivity index (χ3n) is 1.39. The topological polar surface area (TPSA) is 142 Å². The summed E-state index contributed by atoms with van der Waals surface area (Å²) < 4.78 is 32.8. The SMILES string of the molecule is NC(N)=NCc1ccccc1Cl.O=S(=O)([O-])O. The lowest BCUT2D eigenvalue weighted by atomic mass is 10.2. The van der Waals surface area contributed by atoms with E-state index in [9.17, 15) is 0 Å². The summed E-state index contributed by atoms with van der Waals surface area (Å²) in [7, 11) is -4.92. The number of guanidine groups is 1. The van der Waals surface area contributed by atoms with Gasteiger partial charge in [-0.25, -0.2) is 13.4 Å². The van der Waals surface area contributed by atoms with Crippen LogP contribution in [0.15, 0.2) is 29.3 Å². The third-order valence-corrected chi connectivity index (χ3v) is 1.76. The fourth-order valence-corrected chi connectivity index (χ4v) is 0.999. The second kappa shape index (κ2) is 7.07. The fourth-order valence-electron chi connectivity index (χ4n) is 0.803. The summed E-state index contributed by atoms with van der Waals surface area (Å²) >= 11 is 5.86. The molecule has 1 aromatic carbocycles. The molecule has 0 unspecified atom stereocenters. The number of rotatable bonds is 2. The van der Waals surface area contributed by atoms with Crippen LogP contribution in [0.4, 0.5) is 0 Å². The van der Waals surface area contributed by atoms with E-state index in [1.807, 2.05) is 18.2 Å². The van der Waals surface area contributed by atoms with Crippen LogP contribution in [0.25, 0.3) is 0 Å². The van der Waals surface area contributed by atoms with Crippen LogP contribution in [0.2, 0.25) is 5.02 Å². The molecule has 0 atom stereocenters. The first-order chi connectivity index (χ1) is 7.70. The molecule has 96 valence electrons. The molecule has 0 radical (unpaired) electrons. The number of nitrogens with zero attached hydrogens (tertiary/aromatic N) is 1. The Morgan fingerprint density at radius 1 is 1.41 bits per heavy atom. The van der Waals surface area contributed by atoms with Crippen LogP contribution in [-0.2, 0) is 16.9 Å². The molecule has 0 aromatic heterocycles. The summed E-state index contributed by atoms with van der Waals surface area (Å²) in [5.74, 6) is 0.0786. The van der Waals surface area contributed by atoms with Crippen molar-refractivity contribution in [1.29, 1.82) is 0 Å². The van der Waals surface area contributed by atoms with Gasteiger partial charge in [-0.1, -0.05) is 29.8 Å². The van der Waals surface area contributed by atoms with Gasteiger partial charge in [0.1, 0.15) is 0 Å².